The third-order valence-electron chi connectivity index (χ3n) is 1.34. The number of benzene rings is 1. The van der Waals surface area contributed by atoms with E-state index < -0.39 is 0 Å². The van der Waals surface area contributed by atoms with E-state index in [-0.39, 0.29) is 0 Å². The summed E-state index contributed by atoms with van der Waals surface area (Å²) in [6.45, 7) is 0. The summed E-state index contributed by atoms with van der Waals surface area (Å²) in [4.78, 5) is 0. The van der Waals surface area contributed by atoms with Crippen molar-refractivity contribution in [3.8, 4) is 0 Å². The standard InChI is InChI=1S/C9H7Cl3/c10-5-1-2-7-6-8(11)3-4-9(7)12/h1-4,6H,5H2/b2-1+. The summed E-state index contributed by atoms with van der Waals surface area (Å²) in [5.41, 5.74) is 0.893. The second-order valence-corrected chi connectivity index (χ2v) is 3.37. The number of hydrogen-bond acceptors (Lipinski definition) is 0. The zero-order valence-electron chi connectivity index (χ0n) is 6.23. The Morgan fingerprint density at radius 1 is 1.25 bits per heavy atom. The van der Waals surface area contributed by atoms with Crippen molar-refractivity contribution in [1.29, 1.82) is 0 Å². The minimum Gasteiger partial charge on any atom is -0.122 e. The summed E-state index contributed by atoms with van der Waals surface area (Å²) in [5.74, 6) is 0.475. The van der Waals surface area contributed by atoms with Gasteiger partial charge in [-0.05, 0) is 23.8 Å². The van der Waals surface area contributed by atoms with Gasteiger partial charge in [0.15, 0.2) is 0 Å². The van der Waals surface area contributed by atoms with E-state index in [9.17, 15) is 0 Å². The number of rotatable bonds is 2. The third kappa shape index (κ3) is 2.71. The molecule has 0 aliphatic heterocycles. The molecule has 3 heteroatoms. The van der Waals surface area contributed by atoms with Crippen molar-refractivity contribution in [3.63, 3.8) is 0 Å². The normalized spacial score (nSPS) is 10.9. The van der Waals surface area contributed by atoms with Crippen LogP contribution in [0.15, 0.2) is 24.3 Å². The molecule has 12 heavy (non-hydrogen) atoms. The molecule has 0 N–H and O–H groups in total. The molecule has 0 spiro atoms. The van der Waals surface area contributed by atoms with Gasteiger partial charge >= 0.3 is 0 Å². The fourth-order valence-corrected chi connectivity index (χ4v) is 1.26. The average Bonchev–Trinajstić information content (AvgIpc) is 2.07. The molecule has 0 saturated carbocycles. The molecule has 0 aliphatic carbocycles. The minimum atomic E-state index is 0.475. The zero-order chi connectivity index (χ0) is 8.97. The van der Waals surface area contributed by atoms with Crippen molar-refractivity contribution in [2.45, 2.75) is 0 Å². The van der Waals surface area contributed by atoms with E-state index in [4.69, 9.17) is 34.8 Å². The lowest BCUT2D eigenvalue weighted by molar-refractivity contribution is 1.64. The van der Waals surface area contributed by atoms with Crippen molar-refractivity contribution < 1.29 is 0 Å². The van der Waals surface area contributed by atoms with Gasteiger partial charge < -0.3 is 0 Å². The number of allylic oxidation sites excluding steroid dienone is 1. The fraction of sp³-hybridized carbons (Fsp3) is 0.111. The van der Waals surface area contributed by atoms with E-state index in [1.807, 2.05) is 12.2 Å². The Bertz CT molecular complexity index is 292. The average molecular weight is 222 g/mol. The molecule has 64 valence electrons. The SMILES string of the molecule is ClC/C=C/c1cc(Cl)ccc1Cl. The van der Waals surface area contributed by atoms with Crippen molar-refractivity contribution >= 4 is 40.9 Å². The molecule has 0 unspecified atom stereocenters. The Kier molecular flexibility index (Phi) is 3.93. The quantitative estimate of drug-likeness (QED) is 0.655. The van der Waals surface area contributed by atoms with Gasteiger partial charge in [-0.2, -0.15) is 0 Å². The van der Waals surface area contributed by atoms with Gasteiger partial charge in [0.05, 0.1) is 0 Å². The lowest BCUT2D eigenvalue weighted by Gasteiger charge is -1.97. The van der Waals surface area contributed by atoms with Crippen LogP contribution in [0.2, 0.25) is 10.0 Å². The number of halogens is 3. The highest BCUT2D eigenvalue weighted by Crippen LogP contribution is 2.21. The molecule has 1 rings (SSSR count). The van der Waals surface area contributed by atoms with Crippen LogP contribution >= 0.6 is 34.8 Å². The van der Waals surface area contributed by atoms with Gasteiger partial charge in [0.2, 0.25) is 0 Å². The van der Waals surface area contributed by atoms with Gasteiger partial charge in [-0.15, -0.1) is 11.6 Å². The highest BCUT2D eigenvalue weighted by atomic mass is 35.5. The van der Waals surface area contributed by atoms with E-state index in [1.165, 1.54) is 0 Å². The van der Waals surface area contributed by atoms with Crippen molar-refractivity contribution in [1.82, 2.24) is 0 Å². The summed E-state index contributed by atoms with van der Waals surface area (Å²) in [6.07, 6.45) is 3.67. The maximum absolute atomic E-state index is 5.88. The molecular formula is C9H7Cl3. The van der Waals surface area contributed by atoms with E-state index in [0.29, 0.717) is 15.9 Å². The summed E-state index contributed by atoms with van der Waals surface area (Å²) < 4.78 is 0. The van der Waals surface area contributed by atoms with E-state index in [1.54, 1.807) is 18.2 Å². The number of hydrogen-bond donors (Lipinski definition) is 0. The van der Waals surface area contributed by atoms with Gasteiger partial charge in [0, 0.05) is 15.9 Å². The maximum atomic E-state index is 5.88. The van der Waals surface area contributed by atoms with E-state index in [0.717, 1.165) is 5.56 Å². The first kappa shape index (κ1) is 9.91. The lowest BCUT2D eigenvalue weighted by atomic mass is 10.2. The molecule has 0 radical (unpaired) electrons. The smallest absolute Gasteiger partial charge is 0.0479 e. The van der Waals surface area contributed by atoms with Crippen LogP contribution in [0, 0.1) is 0 Å². The van der Waals surface area contributed by atoms with Crippen LogP contribution in [0.25, 0.3) is 6.08 Å². The predicted molar refractivity (Wildman–Crippen MR) is 56.2 cm³/mol. The van der Waals surface area contributed by atoms with Crippen molar-refractivity contribution in [2.24, 2.45) is 0 Å². The molecule has 0 heterocycles. The molecule has 0 atom stereocenters. The molecule has 0 aliphatic rings. The van der Waals surface area contributed by atoms with Gasteiger partial charge in [-0.1, -0.05) is 35.4 Å². The second-order valence-electron chi connectivity index (χ2n) is 2.22. The zero-order valence-corrected chi connectivity index (χ0v) is 8.50. The predicted octanol–water partition coefficient (Wildman–Crippen LogP) is 4.25. The topological polar surface area (TPSA) is 0 Å². The first-order valence-electron chi connectivity index (χ1n) is 3.41. The van der Waals surface area contributed by atoms with Crippen molar-refractivity contribution in [2.75, 3.05) is 5.88 Å². The second kappa shape index (κ2) is 4.76. The Morgan fingerprint density at radius 2 is 2.00 bits per heavy atom. The highest BCUT2D eigenvalue weighted by molar-refractivity contribution is 6.34. The van der Waals surface area contributed by atoms with Crippen molar-refractivity contribution in [3.05, 3.63) is 39.9 Å². The van der Waals surface area contributed by atoms with Crippen LogP contribution in [0.3, 0.4) is 0 Å². The van der Waals surface area contributed by atoms with Crippen LogP contribution in [-0.4, -0.2) is 5.88 Å². The van der Waals surface area contributed by atoms with Crippen LogP contribution in [0.1, 0.15) is 5.56 Å². The summed E-state index contributed by atoms with van der Waals surface area (Å²) >= 11 is 17.1. The largest absolute Gasteiger partial charge is 0.122 e. The molecule has 0 saturated heterocycles. The highest BCUT2D eigenvalue weighted by Gasteiger charge is 1.96. The summed E-state index contributed by atoms with van der Waals surface area (Å²) in [7, 11) is 0. The van der Waals surface area contributed by atoms with Crippen LogP contribution in [0.4, 0.5) is 0 Å². The monoisotopic (exact) mass is 220 g/mol. The molecule has 1 aromatic rings. The Morgan fingerprint density at radius 3 is 2.67 bits per heavy atom. The molecular weight excluding hydrogens is 214 g/mol. The van der Waals surface area contributed by atoms with E-state index in [2.05, 4.69) is 0 Å². The van der Waals surface area contributed by atoms with Crippen LogP contribution < -0.4 is 0 Å². The Hall–Kier alpha value is -0.170. The Labute approximate surface area is 86.7 Å². The first-order valence-corrected chi connectivity index (χ1v) is 4.70. The summed E-state index contributed by atoms with van der Waals surface area (Å²) in [6, 6.07) is 5.31. The molecule has 0 fully saturated rings. The summed E-state index contributed by atoms with van der Waals surface area (Å²) in [5, 5.41) is 1.36. The fourth-order valence-electron chi connectivity index (χ4n) is 0.814. The Balaban J connectivity index is 2.97. The lowest BCUT2D eigenvalue weighted by Crippen LogP contribution is -1.75. The molecule has 0 aromatic heterocycles. The van der Waals surface area contributed by atoms with Gasteiger partial charge in [0.1, 0.15) is 0 Å². The third-order valence-corrected chi connectivity index (χ3v) is 2.10. The van der Waals surface area contributed by atoms with Crippen LogP contribution in [-0.2, 0) is 0 Å². The molecule has 0 nitrogen and oxygen atoms in total. The van der Waals surface area contributed by atoms with Gasteiger partial charge in [0.25, 0.3) is 0 Å². The van der Waals surface area contributed by atoms with Gasteiger partial charge in [-0.3, -0.25) is 0 Å². The first-order chi connectivity index (χ1) is 5.74. The van der Waals surface area contributed by atoms with Crippen LogP contribution in [0.5, 0.6) is 0 Å². The van der Waals surface area contributed by atoms with E-state index >= 15 is 0 Å². The maximum Gasteiger partial charge on any atom is 0.0479 e. The molecule has 1 aromatic carbocycles. The number of alkyl halides is 1. The molecule has 0 amide bonds. The minimum absolute atomic E-state index is 0.475. The van der Waals surface area contributed by atoms with Gasteiger partial charge in [-0.25, -0.2) is 0 Å². The molecule has 0 bridgehead atoms.